The first-order valence-electron chi connectivity index (χ1n) is 8.64. The van der Waals surface area contributed by atoms with Crippen LogP contribution in [0.3, 0.4) is 0 Å². The number of hydrogen-bond donors (Lipinski definition) is 1. The van der Waals surface area contributed by atoms with Gasteiger partial charge in [-0.15, -0.1) is 0 Å². The molecule has 24 heavy (non-hydrogen) atoms. The maximum atomic E-state index is 11.2. The van der Waals surface area contributed by atoms with Gasteiger partial charge in [-0.3, -0.25) is 9.48 Å². The first-order valence-corrected chi connectivity index (χ1v) is 8.64. The Morgan fingerprint density at radius 2 is 2.08 bits per heavy atom. The van der Waals surface area contributed by atoms with E-state index in [0.29, 0.717) is 5.56 Å². The molecular formula is C17H22N6O. The van der Waals surface area contributed by atoms with Gasteiger partial charge in [-0.05, 0) is 32.1 Å². The first-order chi connectivity index (χ1) is 11.7. The van der Waals surface area contributed by atoms with Crippen LogP contribution in [0.15, 0.2) is 18.7 Å². The minimum Gasteiger partial charge on any atom is -0.366 e. The van der Waals surface area contributed by atoms with E-state index >= 15 is 0 Å². The quantitative estimate of drug-likeness (QED) is 0.863. The van der Waals surface area contributed by atoms with Crippen molar-refractivity contribution in [3.63, 3.8) is 0 Å². The molecule has 0 saturated carbocycles. The van der Waals surface area contributed by atoms with Crippen molar-refractivity contribution in [3.05, 3.63) is 35.5 Å². The molecule has 1 saturated heterocycles. The average Bonchev–Trinajstić information content (AvgIpc) is 3.19. The summed E-state index contributed by atoms with van der Waals surface area (Å²) < 4.78 is 1.86. The summed E-state index contributed by atoms with van der Waals surface area (Å²) in [5.41, 5.74) is 8.32. The minimum absolute atomic E-state index is 0.245. The molecule has 1 fully saturated rings. The van der Waals surface area contributed by atoms with E-state index in [1.165, 1.54) is 30.5 Å². The summed E-state index contributed by atoms with van der Waals surface area (Å²) in [5.74, 6) is 0.656. The number of hydrogen-bond acceptors (Lipinski definition) is 5. The highest BCUT2D eigenvalue weighted by atomic mass is 16.1. The molecule has 0 radical (unpaired) electrons. The monoisotopic (exact) mass is 326 g/mol. The molecule has 0 bridgehead atoms. The van der Waals surface area contributed by atoms with Crippen molar-refractivity contribution in [2.45, 2.75) is 44.6 Å². The van der Waals surface area contributed by atoms with Crippen LogP contribution in [0.5, 0.6) is 0 Å². The van der Waals surface area contributed by atoms with Gasteiger partial charge in [-0.1, -0.05) is 6.42 Å². The number of rotatable bonds is 3. The van der Waals surface area contributed by atoms with Crippen LogP contribution in [0, 0.1) is 0 Å². The Morgan fingerprint density at radius 3 is 2.92 bits per heavy atom. The van der Waals surface area contributed by atoms with Crippen molar-refractivity contribution in [2.75, 3.05) is 18.0 Å². The van der Waals surface area contributed by atoms with Gasteiger partial charge in [-0.2, -0.15) is 5.10 Å². The number of primary amides is 1. The van der Waals surface area contributed by atoms with Crippen LogP contribution in [-0.2, 0) is 12.8 Å². The van der Waals surface area contributed by atoms with Gasteiger partial charge >= 0.3 is 0 Å². The number of aromatic nitrogens is 4. The molecule has 1 atom stereocenters. The Hall–Kier alpha value is -2.44. The van der Waals surface area contributed by atoms with Crippen molar-refractivity contribution in [1.29, 1.82) is 0 Å². The molecule has 2 aromatic heterocycles. The van der Waals surface area contributed by atoms with Crippen LogP contribution in [-0.4, -0.2) is 38.7 Å². The molecule has 1 aliphatic heterocycles. The molecule has 2 N–H and O–H groups in total. The highest BCUT2D eigenvalue weighted by Gasteiger charge is 2.28. The van der Waals surface area contributed by atoms with Crippen molar-refractivity contribution >= 4 is 11.7 Å². The van der Waals surface area contributed by atoms with E-state index in [9.17, 15) is 4.79 Å². The SMILES string of the molecule is NC(=O)c1cnn(C2CCN(c3ncnc4c3CCCCC4)C2)c1. The predicted octanol–water partition coefficient (Wildman–Crippen LogP) is 1.49. The maximum absolute atomic E-state index is 11.2. The van der Waals surface area contributed by atoms with E-state index in [0.717, 1.165) is 38.2 Å². The number of aryl methyl sites for hydroxylation is 1. The van der Waals surface area contributed by atoms with Gasteiger partial charge in [0.15, 0.2) is 0 Å². The molecule has 1 aliphatic carbocycles. The normalized spacial score (nSPS) is 20.7. The van der Waals surface area contributed by atoms with E-state index in [4.69, 9.17) is 5.73 Å². The zero-order valence-corrected chi connectivity index (χ0v) is 13.7. The van der Waals surface area contributed by atoms with Crippen LogP contribution in [0.25, 0.3) is 0 Å². The molecule has 1 amide bonds. The van der Waals surface area contributed by atoms with Crippen molar-refractivity contribution in [2.24, 2.45) is 5.73 Å². The minimum atomic E-state index is -0.433. The Kier molecular flexibility index (Phi) is 3.92. The number of nitrogens with zero attached hydrogens (tertiary/aromatic N) is 5. The summed E-state index contributed by atoms with van der Waals surface area (Å²) in [4.78, 5) is 22.7. The van der Waals surface area contributed by atoms with Crippen LogP contribution in [0.4, 0.5) is 5.82 Å². The van der Waals surface area contributed by atoms with E-state index in [2.05, 4.69) is 20.0 Å². The smallest absolute Gasteiger partial charge is 0.251 e. The zero-order valence-electron chi connectivity index (χ0n) is 13.7. The lowest BCUT2D eigenvalue weighted by Crippen LogP contribution is -2.24. The second-order valence-electron chi connectivity index (χ2n) is 6.64. The number of fused-ring (bicyclic) bond motifs is 1. The van der Waals surface area contributed by atoms with Gasteiger partial charge in [0.2, 0.25) is 0 Å². The molecule has 126 valence electrons. The third-order valence-electron chi connectivity index (χ3n) is 5.08. The lowest BCUT2D eigenvalue weighted by atomic mass is 10.1. The Labute approximate surface area is 140 Å². The van der Waals surface area contributed by atoms with Crippen molar-refractivity contribution in [3.8, 4) is 0 Å². The molecule has 2 aliphatic rings. The van der Waals surface area contributed by atoms with Crippen LogP contribution < -0.4 is 10.6 Å². The Bertz CT molecular complexity index is 755. The first kappa shape index (κ1) is 15.1. The lowest BCUT2D eigenvalue weighted by molar-refractivity contribution is 0.1000. The van der Waals surface area contributed by atoms with Gasteiger partial charge in [0.05, 0.1) is 17.8 Å². The second-order valence-corrected chi connectivity index (χ2v) is 6.64. The van der Waals surface area contributed by atoms with E-state index in [1.807, 2.05) is 4.68 Å². The van der Waals surface area contributed by atoms with E-state index in [-0.39, 0.29) is 6.04 Å². The fraction of sp³-hybridized carbons (Fsp3) is 0.529. The summed E-state index contributed by atoms with van der Waals surface area (Å²) in [7, 11) is 0. The van der Waals surface area contributed by atoms with Gasteiger partial charge in [0, 0.05) is 30.5 Å². The van der Waals surface area contributed by atoms with Crippen LogP contribution >= 0.6 is 0 Å². The summed E-state index contributed by atoms with van der Waals surface area (Å²) in [6, 6.07) is 0.245. The van der Waals surface area contributed by atoms with Crippen molar-refractivity contribution < 1.29 is 4.79 Å². The molecule has 2 aromatic rings. The molecule has 7 nitrogen and oxygen atoms in total. The largest absolute Gasteiger partial charge is 0.366 e. The van der Waals surface area contributed by atoms with Crippen LogP contribution in [0.1, 0.15) is 53.3 Å². The molecule has 3 heterocycles. The number of nitrogens with two attached hydrogens (primary N) is 1. The number of amides is 1. The average molecular weight is 326 g/mol. The summed E-state index contributed by atoms with van der Waals surface area (Å²) in [5, 5.41) is 4.31. The van der Waals surface area contributed by atoms with Gasteiger partial charge in [0.25, 0.3) is 5.91 Å². The molecule has 0 spiro atoms. The van der Waals surface area contributed by atoms with Crippen LogP contribution in [0.2, 0.25) is 0 Å². The highest BCUT2D eigenvalue weighted by Crippen LogP contribution is 2.31. The Morgan fingerprint density at radius 1 is 1.21 bits per heavy atom. The highest BCUT2D eigenvalue weighted by molar-refractivity contribution is 5.92. The molecule has 1 unspecified atom stereocenters. The second kappa shape index (κ2) is 6.22. The standard InChI is InChI=1S/C17H22N6O/c18-16(24)12-8-21-23(9-12)13-6-7-22(10-13)17-14-4-2-1-3-5-15(14)19-11-20-17/h8-9,11,13H,1-7,10H2,(H2,18,24). The maximum Gasteiger partial charge on any atom is 0.251 e. The number of carbonyl (C=O) groups excluding carboxylic acids is 1. The Balaban J connectivity index is 1.55. The number of carbonyl (C=O) groups is 1. The van der Waals surface area contributed by atoms with Crippen molar-refractivity contribution in [1.82, 2.24) is 19.7 Å². The molecular weight excluding hydrogens is 304 g/mol. The predicted molar refractivity (Wildman–Crippen MR) is 89.9 cm³/mol. The summed E-state index contributed by atoms with van der Waals surface area (Å²) in [6.07, 6.45) is 11.8. The summed E-state index contributed by atoms with van der Waals surface area (Å²) >= 11 is 0. The van der Waals surface area contributed by atoms with Gasteiger partial charge in [-0.25, -0.2) is 9.97 Å². The zero-order chi connectivity index (χ0) is 16.5. The van der Waals surface area contributed by atoms with E-state index in [1.54, 1.807) is 18.7 Å². The fourth-order valence-electron chi connectivity index (χ4n) is 3.77. The fourth-order valence-corrected chi connectivity index (χ4v) is 3.77. The van der Waals surface area contributed by atoms with Gasteiger partial charge in [0.1, 0.15) is 12.1 Å². The lowest BCUT2D eigenvalue weighted by Gasteiger charge is -2.21. The summed E-state index contributed by atoms with van der Waals surface area (Å²) in [6.45, 7) is 1.79. The topological polar surface area (TPSA) is 89.9 Å². The molecule has 7 heteroatoms. The molecule has 4 rings (SSSR count). The third-order valence-corrected chi connectivity index (χ3v) is 5.08. The van der Waals surface area contributed by atoms with E-state index < -0.39 is 5.91 Å². The third kappa shape index (κ3) is 2.74. The number of anilines is 1. The molecule has 0 aromatic carbocycles. The van der Waals surface area contributed by atoms with Gasteiger partial charge < -0.3 is 10.6 Å².